The lowest BCUT2D eigenvalue weighted by Crippen LogP contribution is -1.88. The zero-order valence-electron chi connectivity index (χ0n) is 6.23. The molecule has 0 fully saturated rings. The minimum absolute atomic E-state index is 0.145. The molecule has 1 aromatic carbocycles. The van der Waals surface area contributed by atoms with E-state index in [1.807, 2.05) is 0 Å². The third kappa shape index (κ3) is 1.28. The molecule has 0 amide bonds. The van der Waals surface area contributed by atoms with Gasteiger partial charge in [0.05, 0.1) is 10.0 Å². The maximum absolute atomic E-state index is 12.9. The Labute approximate surface area is 77.4 Å². The second-order valence-corrected chi connectivity index (χ2v) is 3.12. The van der Waals surface area contributed by atoms with Crippen molar-refractivity contribution in [2.75, 3.05) is 0 Å². The van der Waals surface area contributed by atoms with E-state index in [0.29, 0.717) is 10.0 Å². The van der Waals surface area contributed by atoms with Crippen LogP contribution >= 0.6 is 15.9 Å². The second kappa shape index (κ2) is 3.11. The Morgan fingerprint density at radius 3 is 2.75 bits per heavy atom. The molecule has 1 aromatic rings. The van der Waals surface area contributed by atoms with E-state index in [-0.39, 0.29) is 5.56 Å². The predicted molar refractivity (Wildman–Crippen MR) is 45.2 cm³/mol. The fourth-order valence-electron chi connectivity index (χ4n) is 0.835. The van der Waals surface area contributed by atoms with Crippen LogP contribution in [0.4, 0.5) is 4.39 Å². The third-order valence-corrected chi connectivity index (χ3v) is 2.48. The third-order valence-electron chi connectivity index (χ3n) is 1.48. The van der Waals surface area contributed by atoms with Crippen LogP contribution in [0.25, 0.3) is 0 Å². The highest BCUT2D eigenvalue weighted by atomic mass is 79.9. The lowest BCUT2D eigenvalue weighted by atomic mass is 10.1. The van der Waals surface area contributed by atoms with Crippen molar-refractivity contribution in [3.63, 3.8) is 0 Å². The molecule has 0 saturated carbocycles. The Balaban J connectivity index is 3.52. The molecule has 0 heterocycles. The van der Waals surface area contributed by atoms with Crippen molar-refractivity contribution in [2.24, 2.45) is 0 Å². The van der Waals surface area contributed by atoms with E-state index < -0.39 is 11.6 Å². The van der Waals surface area contributed by atoms with Crippen LogP contribution in [0.2, 0.25) is 0 Å². The smallest absolute Gasteiger partial charge is 0.183 e. The van der Waals surface area contributed by atoms with Gasteiger partial charge in [0.2, 0.25) is 0 Å². The first-order valence-electron chi connectivity index (χ1n) is 3.15. The van der Waals surface area contributed by atoms with E-state index in [1.54, 1.807) is 13.0 Å². The summed E-state index contributed by atoms with van der Waals surface area (Å²) < 4.78 is 13.2. The number of phenols is 1. The number of aryl methyl sites for hydroxylation is 1. The van der Waals surface area contributed by atoms with Crippen molar-refractivity contribution in [3.05, 3.63) is 27.5 Å². The molecule has 0 saturated heterocycles. The zero-order chi connectivity index (χ0) is 9.30. The molecule has 2 nitrogen and oxygen atoms in total. The van der Waals surface area contributed by atoms with Crippen LogP contribution in [-0.2, 0) is 0 Å². The number of hydrogen-bond donors (Lipinski definition) is 1. The molecule has 4 heteroatoms. The number of benzene rings is 1. The van der Waals surface area contributed by atoms with Crippen molar-refractivity contribution in [3.8, 4) is 11.8 Å². The van der Waals surface area contributed by atoms with Gasteiger partial charge < -0.3 is 5.11 Å². The van der Waals surface area contributed by atoms with Gasteiger partial charge in [0.1, 0.15) is 6.07 Å². The molecule has 0 aromatic heterocycles. The minimum Gasteiger partial charge on any atom is -0.504 e. The SMILES string of the molecule is Cc1cc(C#N)c(F)c(O)c1Br. The highest BCUT2D eigenvalue weighted by molar-refractivity contribution is 9.10. The van der Waals surface area contributed by atoms with E-state index in [1.165, 1.54) is 6.07 Å². The average Bonchev–Trinajstić information content (AvgIpc) is 2.08. The molecule has 0 atom stereocenters. The van der Waals surface area contributed by atoms with Crippen LogP contribution in [0.3, 0.4) is 0 Å². The molecule has 1 N–H and O–H groups in total. The Morgan fingerprint density at radius 1 is 1.67 bits per heavy atom. The van der Waals surface area contributed by atoms with Crippen molar-refractivity contribution < 1.29 is 9.50 Å². The highest BCUT2D eigenvalue weighted by Gasteiger charge is 2.12. The number of halogens is 2. The van der Waals surface area contributed by atoms with E-state index in [0.717, 1.165) is 0 Å². The average molecular weight is 230 g/mol. The van der Waals surface area contributed by atoms with Gasteiger partial charge in [0.25, 0.3) is 0 Å². The van der Waals surface area contributed by atoms with Crippen molar-refractivity contribution >= 4 is 15.9 Å². The fraction of sp³-hybridized carbons (Fsp3) is 0.125. The largest absolute Gasteiger partial charge is 0.504 e. The number of rotatable bonds is 0. The number of hydrogen-bond acceptors (Lipinski definition) is 2. The second-order valence-electron chi connectivity index (χ2n) is 2.33. The molecule has 0 aliphatic rings. The number of nitrogens with zero attached hydrogens (tertiary/aromatic N) is 1. The lowest BCUT2D eigenvalue weighted by Gasteiger charge is -2.03. The number of phenolic OH excluding ortho intramolecular Hbond substituents is 1. The minimum atomic E-state index is -0.880. The summed E-state index contributed by atoms with van der Waals surface area (Å²) in [5, 5.41) is 17.6. The molecule has 0 bridgehead atoms. The summed E-state index contributed by atoms with van der Waals surface area (Å²) in [4.78, 5) is 0. The molecule has 0 spiro atoms. The first-order valence-corrected chi connectivity index (χ1v) is 3.95. The quantitative estimate of drug-likeness (QED) is 0.743. The Hall–Kier alpha value is -1.08. The molecular weight excluding hydrogens is 225 g/mol. The first kappa shape index (κ1) is 9.01. The fourth-order valence-corrected chi connectivity index (χ4v) is 1.12. The van der Waals surface area contributed by atoms with Crippen LogP contribution in [0.1, 0.15) is 11.1 Å². The van der Waals surface area contributed by atoms with E-state index in [2.05, 4.69) is 15.9 Å². The van der Waals surface area contributed by atoms with Crippen molar-refractivity contribution in [1.29, 1.82) is 5.26 Å². The van der Waals surface area contributed by atoms with Gasteiger partial charge in [-0.25, -0.2) is 4.39 Å². The van der Waals surface area contributed by atoms with Crippen molar-refractivity contribution in [2.45, 2.75) is 6.92 Å². The Bertz CT molecular complexity index is 370. The summed E-state index contributed by atoms with van der Waals surface area (Å²) in [6, 6.07) is 3.02. The maximum Gasteiger partial charge on any atom is 0.183 e. The number of aromatic hydroxyl groups is 1. The lowest BCUT2D eigenvalue weighted by molar-refractivity contribution is 0.427. The Kier molecular flexibility index (Phi) is 2.34. The molecule has 62 valence electrons. The summed E-state index contributed by atoms with van der Waals surface area (Å²) >= 11 is 2.99. The predicted octanol–water partition coefficient (Wildman–Crippen LogP) is 2.47. The van der Waals surface area contributed by atoms with Crippen LogP contribution in [0, 0.1) is 24.1 Å². The van der Waals surface area contributed by atoms with Gasteiger partial charge in [-0.05, 0) is 34.5 Å². The summed E-state index contributed by atoms with van der Waals surface area (Å²) in [5.74, 6) is -1.39. The molecule has 0 aliphatic carbocycles. The monoisotopic (exact) mass is 229 g/mol. The number of nitriles is 1. The molecule has 0 unspecified atom stereocenters. The first-order chi connectivity index (χ1) is 5.57. The molecule has 12 heavy (non-hydrogen) atoms. The highest BCUT2D eigenvalue weighted by Crippen LogP contribution is 2.31. The van der Waals surface area contributed by atoms with Crippen LogP contribution < -0.4 is 0 Å². The van der Waals surface area contributed by atoms with Gasteiger partial charge in [0.15, 0.2) is 11.6 Å². The summed E-state index contributed by atoms with van der Waals surface area (Å²) in [5.41, 5.74) is 0.485. The van der Waals surface area contributed by atoms with Crippen molar-refractivity contribution in [1.82, 2.24) is 0 Å². The Morgan fingerprint density at radius 2 is 2.25 bits per heavy atom. The van der Waals surface area contributed by atoms with E-state index >= 15 is 0 Å². The van der Waals surface area contributed by atoms with Crippen LogP contribution in [0.5, 0.6) is 5.75 Å². The van der Waals surface area contributed by atoms with Gasteiger partial charge in [-0.3, -0.25) is 0 Å². The summed E-state index contributed by atoms with van der Waals surface area (Å²) in [6.45, 7) is 1.67. The van der Waals surface area contributed by atoms with Gasteiger partial charge in [-0.2, -0.15) is 5.26 Å². The van der Waals surface area contributed by atoms with Gasteiger partial charge in [0, 0.05) is 0 Å². The van der Waals surface area contributed by atoms with Crippen LogP contribution in [0.15, 0.2) is 10.5 Å². The van der Waals surface area contributed by atoms with Gasteiger partial charge in [-0.1, -0.05) is 0 Å². The van der Waals surface area contributed by atoms with Crippen LogP contribution in [-0.4, -0.2) is 5.11 Å². The summed E-state index contributed by atoms with van der Waals surface area (Å²) in [7, 11) is 0. The van der Waals surface area contributed by atoms with E-state index in [4.69, 9.17) is 10.4 Å². The zero-order valence-corrected chi connectivity index (χ0v) is 7.81. The molecule has 0 radical (unpaired) electrons. The maximum atomic E-state index is 12.9. The molecule has 1 rings (SSSR count). The van der Waals surface area contributed by atoms with Gasteiger partial charge >= 0.3 is 0 Å². The molecular formula is C8H5BrFNO. The summed E-state index contributed by atoms with van der Waals surface area (Å²) in [6.07, 6.45) is 0. The topological polar surface area (TPSA) is 44.0 Å². The van der Waals surface area contributed by atoms with E-state index in [9.17, 15) is 4.39 Å². The molecule has 0 aliphatic heterocycles. The van der Waals surface area contributed by atoms with Gasteiger partial charge in [-0.15, -0.1) is 0 Å². The normalized spacial score (nSPS) is 9.50. The standard InChI is InChI=1S/C8H5BrFNO/c1-4-2-5(3-11)7(10)8(12)6(4)9/h2,12H,1H3.